The van der Waals surface area contributed by atoms with Gasteiger partial charge < -0.3 is 10.4 Å². The summed E-state index contributed by atoms with van der Waals surface area (Å²) in [5.74, 6) is 0.443. The molecule has 0 saturated carbocycles. The van der Waals surface area contributed by atoms with Gasteiger partial charge in [0.15, 0.2) is 0 Å². The molecule has 2 atom stereocenters. The molecule has 1 aliphatic heterocycles. The smallest absolute Gasteiger partial charge is 0.407 e. The van der Waals surface area contributed by atoms with E-state index in [0.717, 1.165) is 0 Å². The highest BCUT2D eigenvalue weighted by Gasteiger charge is 2.37. The molecule has 1 amide bonds. The quantitative estimate of drug-likeness (QED) is 0.288. The van der Waals surface area contributed by atoms with E-state index in [9.17, 15) is 4.79 Å². The standard InChI is InChI=1S/C10H20N4O3/c1-7-4-8(13(5-7)10(15)16)9(11)14(17-3)6-12-2/h7-8,11-12H,4-6H2,1-3H3,(H,15,16). The van der Waals surface area contributed by atoms with E-state index in [1.54, 1.807) is 7.05 Å². The Morgan fingerprint density at radius 3 is 2.82 bits per heavy atom. The molecule has 1 fully saturated rings. The molecule has 1 aliphatic rings. The van der Waals surface area contributed by atoms with Gasteiger partial charge >= 0.3 is 6.09 Å². The maximum Gasteiger partial charge on any atom is 0.407 e. The van der Waals surface area contributed by atoms with E-state index in [4.69, 9.17) is 15.4 Å². The minimum absolute atomic E-state index is 0.175. The van der Waals surface area contributed by atoms with Gasteiger partial charge in [-0.2, -0.15) is 0 Å². The number of nitrogens with one attached hydrogen (secondary N) is 2. The normalized spacial score (nSPS) is 23.8. The Bertz CT molecular complexity index is 297. The van der Waals surface area contributed by atoms with Crippen molar-refractivity contribution in [1.29, 1.82) is 5.41 Å². The van der Waals surface area contributed by atoms with Crippen LogP contribution in [0.1, 0.15) is 13.3 Å². The third-order valence-corrected chi connectivity index (χ3v) is 2.86. The molecule has 1 rings (SSSR count). The molecule has 0 aromatic heterocycles. The highest BCUT2D eigenvalue weighted by atomic mass is 16.7. The van der Waals surface area contributed by atoms with Gasteiger partial charge in [-0.1, -0.05) is 6.92 Å². The van der Waals surface area contributed by atoms with Gasteiger partial charge in [0.1, 0.15) is 5.84 Å². The zero-order valence-electron chi connectivity index (χ0n) is 10.4. The lowest BCUT2D eigenvalue weighted by molar-refractivity contribution is -0.0743. The maximum atomic E-state index is 11.1. The second-order valence-electron chi connectivity index (χ2n) is 4.25. The zero-order chi connectivity index (χ0) is 13.0. The van der Waals surface area contributed by atoms with Crippen LogP contribution in [0, 0.1) is 11.3 Å². The van der Waals surface area contributed by atoms with Crippen LogP contribution in [-0.4, -0.2) is 60.4 Å². The number of rotatable bonds is 4. The molecule has 1 saturated heterocycles. The lowest BCUT2D eigenvalue weighted by Gasteiger charge is -2.29. The number of carboxylic acid groups (broad SMARTS) is 1. The van der Waals surface area contributed by atoms with Crippen molar-refractivity contribution in [2.24, 2.45) is 5.92 Å². The van der Waals surface area contributed by atoms with Crippen molar-refractivity contribution in [1.82, 2.24) is 15.3 Å². The monoisotopic (exact) mass is 244 g/mol. The molecule has 0 radical (unpaired) electrons. The first-order valence-electron chi connectivity index (χ1n) is 5.55. The van der Waals surface area contributed by atoms with Crippen molar-refractivity contribution in [2.75, 3.05) is 27.4 Å². The van der Waals surface area contributed by atoms with E-state index in [1.165, 1.54) is 17.1 Å². The summed E-state index contributed by atoms with van der Waals surface area (Å²) in [5.41, 5.74) is 0. The summed E-state index contributed by atoms with van der Waals surface area (Å²) in [5, 5.41) is 21.3. The molecule has 7 heteroatoms. The van der Waals surface area contributed by atoms with Crippen molar-refractivity contribution in [3.05, 3.63) is 0 Å². The molecule has 2 unspecified atom stereocenters. The van der Waals surface area contributed by atoms with Gasteiger partial charge in [-0.05, 0) is 19.4 Å². The van der Waals surface area contributed by atoms with Crippen molar-refractivity contribution in [2.45, 2.75) is 19.4 Å². The Morgan fingerprint density at radius 2 is 2.35 bits per heavy atom. The molecule has 98 valence electrons. The van der Waals surface area contributed by atoms with Crippen molar-refractivity contribution < 1.29 is 14.7 Å². The highest BCUT2D eigenvalue weighted by Crippen LogP contribution is 2.24. The summed E-state index contributed by atoms with van der Waals surface area (Å²) in [6.45, 7) is 2.81. The first-order chi connectivity index (χ1) is 8.01. The SMILES string of the molecule is CNCN(OC)C(=N)C1CC(C)CN1C(=O)O. The molecule has 0 aromatic rings. The first kappa shape index (κ1) is 13.7. The summed E-state index contributed by atoms with van der Waals surface area (Å²) >= 11 is 0. The fraction of sp³-hybridized carbons (Fsp3) is 0.800. The molecule has 3 N–H and O–H groups in total. The molecule has 0 aliphatic carbocycles. The van der Waals surface area contributed by atoms with Crippen LogP contribution in [0.15, 0.2) is 0 Å². The highest BCUT2D eigenvalue weighted by molar-refractivity contribution is 5.87. The van der Waals surface area contributed by atoms with Crippen LogP contribution in [-0.2, 0) is 4.84 Å². The van der Waals surface area contributed by atoms with Crippen LogP contribution in [0.4, 0.5) is 4.79 Å². The van der Waals surface area contributed by atoms with Crippen LogP contribution in [0.5, 0.6) is 0 Å². The van der Waals surface area contributed by atoms with Crippen molar-refractivity contribution in [3.63, 3.8) is 0 Å². The van der Waals surface area contributed by atoms with E-state index >= 15 is 0 Å². The van der Waals surface area contributed by atoms with Crippen molar-refractivity contribution in [3.8, 4) is 0 Å². The van der Waals surface area contributed by atoms with Gasteiger partial charge in [-0.15, -0.1) is 0 Å². The van der Waals surface area contributed by atoms with Crippen LogP contribution in [0.2, 0.25) is 0 Å². The second-order valence-corrected chi connectivity index (χ2v) is 4.25. The van der Waals surface area contributed by atoms with Crippen LogP contribution < -0.4 is 5.32 Å². The minimum Gasteiger partial charge on any atom is -0.465 e. The molecule has 0 aromatic carbocycles. The average molecular weight is 244 g/mol. The predicted molar refractivity (Wildman–Crippen MR) is 62.8 cm³/mol. The third-order valence-electron chi connectivity index (χ3n) is 2.86. The second kappa shape index (κ2) is 5.83. The van der Waals surface area contributed by atoms with Crippen molar-refractivity contribution >= 4 is 11.9 Å². The van der Waals surface area contributed by atoms with Gasteiger partial charge in [0, 0.05) is 6.54 Å². The number of hydrogen-bond acceptors (Lipinski definition) is 4. The van der Waals surface area contributed by atoms with Gasteiger partial charge in [0.05, 0.1) is 19.8 Å². The lowest BCUT2D eigenvalue weighted by Crippen LogP contribution is -2.48. The Balaban J connectivity index is 2.75. The Morgan fingerprint density at radius 1 is 1.71 bits per heavy atom. The summed E-state index contributed by atoms with van der Waals surface area (Å²) in [6, 6.07) is -0.421. The maximum absolute atomic E-state index is 11.1. The molecule has 1 heterocycles. The molecule has 0 spiro atoms. The van der Waals surface area contributed by atoms with E-state index in [0.29, 0.717) is 19.6 Å². The number of nitrogens with zero attached hydrogens (tertiary/aromatic N) is 2. The fourth-order valence-corrected chi connectivity index (χ4v) is 2.07. The molecular weight excluding hydrogens is 224 g/mol. The number of carbonyl (C=O) groups is 1. The molecular formula is C10H20N4O3. The topological polar surface area (TPSA) is 88.9 Å². The van der Waals surface area contributed by atoms with Gasteiger partial charge in [0.25, 0.3) is 0 Å². The summed E-state index contributed by atoms with van der Waals surface area (Å²) in [4.78, 5) is 17.4. The molecule has 17 heavy (non-hydrogen) atoms. The van der Waals surface area contributed by atoms with Gasteiger partial charge in [-0.25, -0.2) is 9.86 Å². The summed E-state index contributed by atoms with van der Waals surface area (Å²) < 4.78 is 0. The van der Waals surface area contributed by atoms with E-state index in [2.05, 4.69) is 5.32 Å². The summed E-state index contributed by atoms with van der Waals surface area (Å²) in [6.07, 6.45) is -0.320. The van der Waals surface area contributed by atoms with Gasteiger partial charge in [-0.3, -0.25) is 15.1 Å². The Kier molecular flexibility index (Phi) is 4.71. The Hall–Kier alpha value is -1.34. The van der Waals surface area contributed by atoms with Crippen LogP contribution in [0.3, 0.4) is 0 Å². The van der Waals surface area contributed by atoms with Gasteiger partial charge in [0.2, 0.25) is 0 Å². The van der Waals surface area contributed by atoms with Crippen LogP contribution in [0.25, 0.3) is 0 Å². The first-order valence-corrected chi connectivity index (χ1v) is 5.55. The minimum atomic E-state index is -0.982. The number of hydroxylamine groups is 2. The summed E-state index contributed by atoms with van der Waals surface area (Å²) in [7, 11) is 3.21. The largest absolute Gasteiger partial charge is 0.465 e. The number of hydrogen-bond donors (Lipinski definition) is 3. The lowest BCUT2D eigenvalue weighted by atomic mass is 10.1. The number of amides is 1. The van der Waals surface area contributed by atoms with E-state index in [-0.39, 0.29) is 11.8 Å². The predicted octanol–water partition coefficient (Wildman–Crippen LogP) is 0.392. The Labute approximate surface area is 101 Å². The number of likely N-dealkylation sites (tertiary alicyclic amines) is 1. The third kappa shape index (κ3) is 3.07. The van der Waals surface area contributed by atoms with Crippen LogP contribution >= 0.6 is 0 Å². The zero-order valence-corrected chi connectivity index (χ0v) is 10.4. The van der Waals surface area contributed by atoms with E-state index in [1.807, 2.05) is 6.92 Å². The number of amidine groups is 1. The molecule has 7 nitrogen and oxygen atoms in total. The van der Waals surface area contributed by atoms with E-state index < -0.39 is 12.1 Å². The average Bonchev–Trinajstić information content (AvgIpc) is 2.67. The fourth-order valence-electron chi connectivity index (χ4n) is 2.07. The molecule has 0 bridgehead atoms.